The van der Waals surface area contributed by atoms with Crippen molar-refractivity contribution in [2.75, 3.05) is 0 Å². The molecule has 1 aliphatic heterocycles. The number of allylic oxidation sites excluding steroid dienone is 3. The average molecular weight is 657 g/mol. The molecule has 0 saturated carbocycles. The third kappa shape index (κ3) is 4.77. The number of fused-ring (bicyclic) bond motifs is 9. The molecule has 9 rings (SSSR count). The van der Waals surface area contributed by atoms with E-state index in [-0.39, 0.29) is 0 Å². The van der Waals surface area contributed by atoms with Crippen molar-refractivity contribution in [3.8, 4) is 56.5 Å². The number of nitrogens with zero attached hydrogens (tertiary/aromatic N) is 4. The van der Waals surface area contributed by atoms with Crippen LogP contribution in [0.25, 0.3) is 50.7 Å². The molecule has 0 saturated heterocycles. The van der Waals surface area contributed by atoms with Gasteiger partial charge in [-0.3, -0.25) is 4.99 Å². The Morgan fingerprint density at radius 3 is 1.88 bits per heavy atom. The van der Waals surface area contributed by atoms with Crippen LogP contribution in [0.1, 0.15) is 35.0 Å². The Labute approximate surface area is 297 Å². The van der Waals surface area contributed by atoms with E-state index in [1.54, 1.807) is 0 Å². The van der Waals surface area contributed by atoms with Gasteiger partial charge in [0.1, 0.15) is 17.2 Å². The molecule has 51 heavy (non-hydrogen) atoms. The Morgan fingerprint density at radius 2 is 1.16 bits per heavy atom. The molecule has 0 amide bonds. The van der Waals surface area contributed by atoms with Crippen LogP contribution in [0.5, 0.6) is 11.5 Å². The van der Waals surface area contributed by atoms with Gasteiger partial charge in [0.2, 0.25) is 0 Å². The van der Waals surface area contributed by atoms with Gasteiger partial charge in [-0.25, -0.2) is 15.0 Å². The molecule has 5 nitrogen and oxygen atoms in total. The van der Waals surface area contributed by atoms with E-state index in [9.17, 15) is 0 Å². The molecule has 0 fully saturated rings. The molecule has 0 unspecified atom stereocenters. The van der Waals surface area contributed by atoms with Crippen LogP contribution in [-0.2, 0) is 5.41 Å². The van der Waals surface area contributed by atoms with E-state index in [1.165, 1.54) is 22.3 Å². The Bertz CT molecular complexity index is 2500. The van der Waals surface area contributed by atoms with Gasteiger partial charge in [0, 0.05) is 27.8 Å². The highest BCUT2D eigenvalue weighted by Crippen LogP contribution is 2.63. The standard InChI is InChI=1S/C46H32N4O/c1-3-4-27-40(47-2)45-49-43(30-16-6-5-7-17-30)48-44(50-45)32-19-14-18-31(29-32)33-22-15-26-39-42(33)51-41-28-13-12-25-38(41)46(39)36-23-10-8-20-34(36)35-21-9-11-24-37(35)46/h3-29H,2H2,1H3/b4-3-,40-27-. The van der Waals surface area contributed by atoms with Gasteiger partial charge in [-0.15, -0.1) is 0 Å². The molecule has 0 N–H and O–H groups in total. The number of aliphatic imine (C=N–C) groups is 1. The molecule has 0 radical (unpaired) electrons. The van der Waals surface area contributed by atoms with Crippen molar-refractivity contribution in [3.05, 3.63) is 192 Å². The summed E-state index contributed by atoms with van der Waals surface area (Å²) < 4.78 is 6.93. The quantitative estimate of drug-likeness (QED) is 0.132. The van der Waals surface area contributed by atoms with Gasteiger partial charge in [-0.2, -0.15) is 0 Å². The highest BCUT2D eigenvalue weighted by molar-refractivity contribution is 5.90. The minimum atomic E-state index is -0.536. The number of para-hydroxylation sites is 2. The number of hydrogen-bond donors (Lipinski definition) is 0. The summed E-state index contributed by atoms with van der Waals surface area (Å²) in [7, 11) is 0. The molecule has 1 aliphatic carbocycles. The smallest absolute Gasteiger partial charge is 0.182 e. The first-order valence-corrected chi connectivity index (χ1v) is 17.0. The van der Waals surface area contributed by atoms with Gasteiger partial charge >= 0.3 is 0 Å². The molecule has 2 aliphatic rings. The van der Waals surface area contributed by atoms with Crippen LogP contribution in [0, 0.1) is 0 Å². The van der Waals surface area contributed by atoms with Crippen LogP contribution in [0.15, 0.2) is 169 Å². The number of rotatable bonds is 6. The Balaban J connectivity index is 1.25. The van der Waals surface area contributed by atoms with E-state index >= 15 is 0 Å². The molecule has 242 valence electrons. The minimum Gasteiger partial charge on any atom is -0.456 e. The van der Waals surface area contributed by atoms with E-state index in [1.807, 2.05) is 73.7 Å². The molecule has 7 aromatic rings. The van der Waals surface area contributed by atoms with Crippen molar-refractivity contribution in [1.29, 1.82) is 0 Å². The zero-order valence-corrected chi connectivity index (χ0v) is 28.0. The maximum Gasteiger partial charge on any atom is 0.182 e. The number of ether oxygens (including phenoxy) is 1. The second-order valence-electron chi connectivity index (χ2n) is 12.6. The summed E-state index contributed by atoms with van der Waals surface area (Å²) in [6.45, 7) is 5.75. The third-order valence-corrected chi connectivity index (χ3v) is 9.82. The maximum absolute atomic E-state index is 6.93. The van der Waals surface area contributed by atoms with Crippen molar-refractivity contribution >= 4 is 12.4 Å². The van der Waals surface area contributed by atoms with Crippen LogP contribution < -0.4 is 4.74 Å². The minimum absolute atomic E-state index is 0.454. The first-order chi connectivity index (χ1) is 25.2. The molecule has 1 spiro atoms. The molecular formula is C46H32N4O. The van der Waals surface area contributed by atoms with Crippen molar-refractivity contribution in [2.24, 2.45) is 4.99 Å². The van der Waals surface area contributed by atoms with Crippen molar-refractivity contribution in [2.45, 2.75) is 12.3 Å². The monoisotopic (exact) mass is 656 g/mol. The summed E-state index contributed by atoms with van der Waals surface area (Å²) >= 11 is 0. The second kappa shape index (κ2) is 12.3. The topological polar surface area (TPSA) is 60.3 Å². The van der Waals surface area contributed by atoms with Gasteiger partial charge in [0.05, 0.1) is 5.41 Å². The van der Waals surface area contributed by atoms with Crippen molar-refractivity contribution < 1.29 is 4.74 Å². The molecule has 1 aromatic heterocycles. The summed E-state index contributed by atoms with van der Waals surface area (Å²) in [5.74, 6) is 3.26. The van der Waals surface area contributed by atoms with Gasteiger partial charge in [0.25, 0.3) is 0 Å². The highest BCUT2D eigenvalue weighted by atomic mass is 16.5. The van der Waals surface area contributed by atoms with Gasteiger partial charge in [0.15, 0.2) is 17.5 Å². The number of benzene rings is 6. The zero-order chi connectivity index (χ0) is 34.4. The molecule has 0 bridgehead atoms. The first kappa shape index (κ1) is 30.3. The SMILES string of the molecule is C=N/C(=C\C=C/C)c1nc(-c2ccccc2)nc(-c2cccc(-c3cccc4c3Oc3ccccc3C43c4ccccc4-c4ccccc43)c2)n1. The summed E-state index contributed by atoms with van der Waals surface area (Å²) in [5.41, 5.74) is 11.0. The van der Waals surface area contributed by atoms with E-state index in [2.05, 4.69) is 109 Å². The maximum atomic E-state index is 6.93. The van der Waals surface area contributed by atoms with E-state index in [0.717, 1.165) is 44.9 Å². The van der Waals surface area contributed by atoms with Crippen molar-refractivity contribution in [1.82, 2.24) is 15.0 Å². The lowest BCUT2D eigenvalue weighted by Crippen LogP contribution is -2.32. The molecule has 5 heteroatoms. The van der Waals surface area contributed by atoms with Crippen LogP contribution >= 0.6 is 0 Å². The highest BCUT2D eigenvalue weighted by Gasteiger charge is 2.51. The fraction of sp³-hybridized carbons (Fsp3) is 0.0435. The largest absolute Gasteiger partial charge is 0.456 e. The average Bonchev–Trinajstić information content (AvgIpc) is 3.49. The molecule has 6 aromatic carbocycles. The fourth-order valence-corrected chi connectivity index (χ4v) is 7.65. The normalized spacial score (nSPS) is 13.6. The van der Waals surface area contributed by atoms with E-state index in [0.29, 0.717) is 23.2 Å². The Kier molecular flexibility index (Phi) is 7.32. The van der Waals surface area contributed by atoms with Crippen LogP contribution in [-0.4, -0.2) is 21.7 Å². The summed E-state index contributed by atoms with van der Waals surface area (Å²) in [6, 6.07) is 50.8. The van der Waals surface area contributed by atoms with E-state index < -0.39 is 5.41 Å². The van der Waals surface area contributed by atoms with Crippen LogP contribution in [0.2, 0.25) is 0 Å². The third-order valence-electron chi connectivity index (χ3n) is 9.82. The first-order valence-electron chi connectivity index (χ1n) is 17.0. The predicted octanol–water partition coefficient (Wildman–Crippen LogP) is 11.0. The summed E-state index contributed by atoms with van der Waals surface area (Å²) in [6.07, 6.45) is 5.70. The van der Waals surface area contributed by atoms with Crippen LogP contribution in [0.4, 0.5) is 0 Å². The van der Waals surface area contributed by atoms with Gasteiger partial charge in [-0.05, 0) is 59.7 Å². The van der Waals surface area contributed by atoms with Gasteiger partial charge < -0.3 is 4.74 Å². The van der Waals surface area contributed by atoms with Crippen molar-refractivity contribution in [3.63, 3.8) is 0 Å². The van der Waals surface area contributed by atoms with E-state index in [4.69, 9.17) is 19.7 Å². The Morgan fingerprint density at radius 1 is 0.588 bits per heavy atom. The lowest BCUT2D eigenvalue weighted by molar-refractivity contribution is 0.438. The fourth-order valence-electron chi connectivity index (χ4n) is 7.65. The number of hydrogen-bond acceptors (Lipinski definition) is 5. The zero-order valence-electron chi connectivity index (χ0n) is 28.0. The molecule has 0 atom stereocenters. The predicted molar refractivity (Wildman–Crippen MR) is 206 cm³/mol. The lowest BCUT2D eigenvalue weighted by Gasteiger charge is -2.40. The lowest BCUT2D eigenvalue weighted by atomic mass is 9.65. The Hall–Kier alpha value is -6.72. The summed E-state index contributed by atoms with van der Waals surface area (Å²) in [5, 5.41) is 0. The molecule has 2 heterocycles. The van der Waals surface area contributed by atoms with Gasteiger partial charge in [-0.1, -0.05) is 146 Å². The molecular weight excluding hydrogens is 625 g/mol. The second-order valence-corrected chi connectivity index (χ2v) is 12.6. The van der Waals surface area contributed by atoms with Crippen LogP contribution in [0.3, 0.4) is 0 Å². The number of aromatic nitrogens is 3. The summed E-state index contributed by atoms with van der Waals surface area (Å²) in [4.78, 5) is 19.0.